The average Bonchev–Trinajstić information content (AvgIpc) is 2.65. The van der Waals surface area contributed by atoms with Gasteiger partial charge in [-0.15, -0.1) is 0 Å². The Kier molecular flexibility index (Phi) is 7.03. The smallest absolute Gasteiger partial charge is 0.416 e. The highest BCUT2D eigenvalue weighted by molar-refractivity contribution is 7.89. The molecule has 0 atom stereocenters. The second-order valence-electron chi connectivity index (χ2n) is 5.71. The first kappa shape index (κ1) is 21.7. The normalized spacial score (nSPS) is 11.9. The Morgan fingerprint density at radius 3 is 2.50 bits per heavy atom. The van der Waals surface area contributed by atoms with Crippen LogP contribution in [0.15, 0.2) is 53.4 Å². The summed E-state index contributed by atoms with van der Waals surface area (Å²) >= 11 is 0. The van der Waals surface area contributed by atoms with Gasteiger partial charge in [0.2, 0.25) is 15.9 Å². The molecule has 0 fully saturated rings. The van der Waals surface area contributed by atoms with Crippen molar-refractivity contribution in [1.29, 1.82) is 0 Å². The van der Waals surface area contributed by atoms with Gasteiger partial charge in [-0.1, -0.05) is 18.2 Å². The lowest BCUT2D eigenvalue weighted by atomic mass is 10.2. The van der Waals surface area contributed by atoms with Gasteiger partial charge in [-0.05, 0) is 42.8 Å². The third-order valence-electron chi connectivity index (χ3n) is 3.59. The van der Waals surface area contributed by atoms with Crippen LogP contribution >= 0.6 is 0 Å². The molecule has 0 aromatic heterocycles. The van der Waals surface area contributed by atoms with Crippen molar-refractivity contribution in [2.75, 3.05) is 13.2 Å². The van der Waals surface area contributed by atoms with Crippen molar-refractivity contribution in [2.24, 2.45) is 0 Å². The summed E-state index contributed by atoms with van der Waals surface area (Å²) in [5.74, 6) is 0.0110. The number of sulfonamides is 1. The van der Waals surface area contributed by atoms with Gasteiger partial charge in [0.1, 0.15) is 5.75 Å². The summed E-state index contributed by atoms with van der Waals surface area (Å²) in [5, 5.41) is 2.53. The van der Waals surface area contributed by atoms with Crippen molar-refractivity contribution in [3.63, 3.8) is 0 Å². The zero-order valence-corrected chi connectivity index (χ0v) is 15.7. The zero-order chi connectivity index (χ0) is 20.8. The summed E-state index contributed by atoms with van der Waals surface area (Å²) in [6, 6.07) is 10.3. The molecule has 0 unspecified atom stereocenters. The summed E-state index contributed by atoms with van der Waals surface area (Å²) in [6.45, 7) is 1.87. The lowest BCUT2D eigenvalue weighted by Crippen LogP contribution is -2.36. The van der Waals surface area contributed by atoms with Gasteiger partial charge in [0.25, 0.3) is 0 Å². The number of alkyl halides is 3. The highest BCUT2D eigenvalue weighted by Crippen LogP contribution is 2.30. The fourth-order valence-corrected chi connectivity index (χ4v) is 3.29. The van der Waals surface area contributed by atoms with Crippen molar-refractivity contribution in [3.8, 4) is 5.75 Å². The van der Waals surface area contributed by atoms with E-state index in [1.165, 1.54) is 0 Å². The maximum absolute atomic E-state index is 12.7. The molecule has 1 amide bonds. The summed E-state index contributed by atoms with van der Waals surface area (Å²) in [4.78, 5) is 11.3. The van der Waals surface area contributed by atoms with E-state index in [-0.39, 0.29) is 6.54 Å². The molecule has 0 aliphatic carbocycles. The van der Waals surface area contributed by atoms with E-state index in [0.29, 0.717) is 18.4 Å². The Bertz CT molecular complexity index is 930. The van der Waals surface area contributed by atoms with Gasteiger partial charge in [0.15, 0.2) is 0 Å². The van der Waals surface area contributed by atoms with Crippen molar-refractivity contribution in [1.82, 2.24) is 10.0 Å². The monoisotopic (exact) mass is 416 g/mol. The Morgan fingerprint density at radius 2 is 1.82 bits per heavy atom. The molecule has 0 saturated carbocycles. The fraction of sp³-hybridized carbons (Fsp3) is 0.278. The van der Waals surface area contributed by atoms with Crippen LogP contribution in [0.3, 0.4) is 0 Å². The van der Waals surface area contributed by atoms with Gasteiger partial charge in [-0.25, -0.2) is 13.1 Å². The number of nitrogens with one attached hydrogen (secondary N) is 2. The Balaban J connectivity index is 1.94. The Morgan fingerprint density at radius 1 is 1.11 bits per heavy atom. The lowest BCUT2D eigenvalue weighted by molar-refractivity contribution is -0.137. The predicted molar refractivity (Wildman–Crippen MR) is 96.1 cm³/mol. The number of halogens is 3. The van der Waals surface area contributed by atoms with E-state index in [1.807, 2.05) is 11.6 Å². The van der Waals surface area contributed by atoms with Crippen LogP contribution in [-0.2, 0) is 27.5 Å². The average molecular weight is 416 g/mol. The number of hydrogen-bond acceptors (Lipinski definition) is 4. The van der Waals surface area contributed by atoms with E-state index in [4.69, 9.17) is 4.74 Å². The van der Waals surface area contributed by atoms with Gasteiger partial charge in [-0.2, -0.15) is 13.2 Å². The van der Waals surface area contributed by atoms with Crippen LogP contribution < -0.4 is 14.8 Å². The molecule has 10 heteroatoms. The van der Waals surface area contributed by atoms with Crippen molar-refractivity contribution < 1.29 is 31.1 Å². The first-order chi connectivity index (χ1) is 13.1. The minimum atomic E-state index is -4.67. The van der Waals surface area contributed by atoms with Gasteiger partial charge in [0.05, 0.1) is 23.6 Å². The zero-order valence-electron chi connectivity index (χ0n) is 14.9. The fourth-order valence-electron chi connectivity index (χ4n) is 2.26. The van der Waals surface area contributed by atoms with Crippen LogP contribution in [0, 0.1) is 0 Å². The number of rotatable bonds is 8. The third kappa shape index (κ3) is 6.24. The highest BCUT2D eigenvalue weighted by atomic mass is 32.2. The highest BCUT2D eigenvalue weighted by Gasteiger charge is 2.31. The van der Waals surface area contributed by atoms with Gasteiger partial charge < -0.3 is 10.1 Å². The molecule has 0 saturated heterocycles. The molecule has 0 spiro atoms. The number of benzene rings is 2. The molecule has 0 heterocycles. The SMILES string of the molecule is CCOc1cccc(CNC(=O)CNS(=O)(=O)c2cccc(C(F)(F)F)c2)c1. The Hall–Kier alpha value is -2.59. The minimum Gasteiger partial charge on any atom is -0.494 e. The molecule has 0 radical (unpaired) electrons. The van der Waals surface area contributed by atoms with Gasteiger partial charge in [-0.3, -0.25) is 4.79 Å². The maximum Gasteiger partial charge on any atom is 0.416 e. The second-order valence-corrected chi connectivity index (χ2v) is 7.47. The van der Waals surface area contributed by atoms with Crippen molar-refractivity contribution in [2.45, 2.75) is 24.5 Å². The first-order valence-electron chi connectivity index (χ1n) is 8.27. The lowest BCUT2D eigenvalue weighted by Gasteiger charge is -2.11. The standard InChI is InChI=1S/C18H19F3N2O4S/c1-2-27-15-7-3-5-13(9-15)11-22-17(24)12-23-28(25,26)16-8-4-6-14(10-16)18(19,20)21/h3-10,23H,2,11-12H2,1H3,(H,22,24). The molecule has 0 aliphatic rings. The van der Waals surface area contributed by atoms with Crippen LogP contribution in [0.4, 0.5) is 13.2 Å². The summed E-state index contributed by atoms with van der Waals surface area (Å²) < 4.78 is 69.8. The van der Waals surface area contributed by atoms with Crippen LogP contribution in [-0.4, -0.2) is 27.5 Å². The molecule has 2 rings (SSSR count). The van der Waals surface area contributed by atoms with Crippen LogP contribution in [0.25, 0.3) is 0 Å². The van der Waals surface area contributed by atoms with E-state index in [1.54, 1.807) is 24.3 Å². The third-order valence-corrected chi connectivity index (χ3v) is 4.99. The van der Waals surface area contributed by atoms with E-state index in [2.05, 4.69) is 5.32 Å². The molecular weight excluding hydrogens is 397 g/mol. The Labute approximate surface area is 160 Å². The number of carbonyl (C=O) groups excluding carboxylic acids is 1. The molecule has 0 bridgehead atoms. The molecule has 0 aliphatic heterocycles. The number of amides is 1. The predicted octanol–water partition coefficient (Wildman–Crippen LogP) is 2.70. The quantitative estimate of drug-likeness (QED) is 0.693. The van der Waals surface area contributed by atoms with E-state index in [9.17, 15) is 26.4 Å². The van der Waals surface area contributed by atoms with E-state index >= 15 is 0 Å². The largest absolute Gasteiger partial charge is 0.494 e. The molecule has 2 aromatic rings. The summed E-state index contributed by atoms with van der Waals surface area (Å²) in [5.41, 5.74) is -0.339. The van der Waals surface area contributed by atoms with Crippen molar-refractivity contribution >= 4 is 15.9 Å². The van der Waals surface area contributed by atoms with E-state index in [0.717, 1.165) is 23.8 Å². The molecule has 6 nitrogen and oxygen atoms in total. The van der Waals surface area contributed by atoms with Crippen LogP contribution in [0.5, 0.6) is 5.75 Å². The van der Waals surface area contributed by atoms with Crippen LogP contribution in [0.2, 0.25) is 0 Å². The second kappa shape index (κ2) is 9.07. The molecular formula is C18H19F3N2O4S. The summed E-state index contributed by atoms with van der Waals surface area (Å²) in [7, 11) is -4.27. The van der Waals surface area contributed by atoms with Gasteiger partial charge in [0, 0.05) is 6.54 Å². The van der Waals surface area contributed by atoms with Gasteiger partial charge >= 0.3 is 6.18 Å². The molecule has 152 valence electrons. The maximum atomic E-state index is 12.7. The number of ether oxygens (including phenoxy) is 1. The minimum absolute atomic E-state index is 0.144. The molecule has 2 aromatic carbocycles. The molecule has 2 N–H and O–H groups in total. The molecule has 28 heavy (non-hydrogen) atoms. The van der Waals surface area contributed by atoms with E-state index < -0.39 is 39.1 Å². The van der Waals surface area contributed by atoms with Crippen LogP contribution in [0.1, 0.15) is 18.1 Å². The first-order valence-corrected chi connectivity index (χ1v) is 9.75. The number of hydrogen-bond donors (Lipinski definition) is 2. The van der Waals surface area contributed by atoms with Crippen molar-refractivity contribution in [3.05, 3.63) is 59.7 Å². The summed E-state index contributed by atoms with van der Waals surface area (Å²) in [6.07, 6.45) is -4.67. The topological polar surface area (TPSA) is 84.5 Å². The number of carbonyl (C=O) groups is 1.